The Labute approximate surface area is 429 Å². The van der Waals surface area contributed by atoms with Gasteiger partial charge in [-0.1, -0.05) is 89.0 Å². The number of methoxy groups -OCH3 is 3. The molecule has 0 aliphatic carbocycles. The van der Waals surface area contributed by atoms with Gasteiger partial charge in [-0.25, -0.2) is 0 Å². The fraction of sp³-hybridized carbons (Fsp3) is 0.418. The Balaban J connectivity index is 0.000000355. The molecule has 0 bridgehead atoms. The number of carboxylic acid groups (broad SMARTS) is 1. The van der Waals surface area contributed by atoms with Crippen molar-refractivity contribution in [3.8, 4) is 11.5 Å². The van der Waals surface area contributed by atoms with Gasteiger partial charge in [0.1, 0.15) is 11.5 Å². The zero-order valence-electron chi connectivity index (χ0n) is 42.7. The molecule has 0 aliphatic rings. The van der Waals surface area contributed by atoms with Crippen LogP contribution in [0, 0.1) is 21.7 Å². The maximum atomic E-state index is 13.7. The molecule has 0 atom stereocenters. The molecule has 6 rings (SSSR count). The van der Waals surface area contributed by atoms with E-state index in [1.54, 1.807) is 28.1 Å². The minimum atomic E-state index is -1.05. The second-order valence-electron chi connectivity index (χ2n) is 21.1. The largest absolute Gasteiger partial charge is 1.00 e. The summed E-state index contributed by atoms with van der Waals surface area (Å²) in [5, 5.41) is 12.8. The third-order valence-corrected chi connectivity index (χ3v) is 12.2. The zero-order chi connectivity index (χ0) is 49.8. The van der Waals surface area contributed by atoms with Crippen molar-refractivity contribution in [1.29, 1.82) is 0 Å². The van der Waals surface area contributed by atoms with Gasteiger partial charge >= 0.3 is 30.8 Å². The molecule has 14 heteroatoms. The molecular formula is C55H67Cl2LiN2O9. The van der Waals surface area contributed by atoms with Crippen LogP contribution in [0.5, 0.6) is 11.5 Å². The van der Waals surface area contributed by atoms with E-state index in [2.05, 4.69) is 29.9 Å². The molecule has 366 valence electrons. The van der Waals surface area contributed by atoms with Crippen LogP contribution in [0.15, 0.2) is 84.9 Å². The van der Waals surface area contributed by atoms with E-state index in [1.807, 2.05) is 120 Å². The predicted molar refractivity (Wildman–Crippen MR) is 271 cm³/mol. The van der Waals surface area contributed by atoms with Gasteiger partial charge < -0.3 is 33.9 Å². The maximum Gasteiger partial charge on any atom is 1.00 e. The number of hydrogen-bond donors (Lipinski definition) is 1. The van der Waals surface area contributed by atoms with Crippen molar-refractivity contribution in [3.05, 3.63) is 129 Å². The molecule has 69 heavy (non-hydrogen) atoms. The van der Waals surface area contributed by atoms with E-state index >= 15 is 0 Å². The van der Waals surface area contributed by atoms with Crippen LogP contribution in [-0.4, -0.2) is 64.6 Å². The second kappa shape index (κ2) is 23.3. The number of hydrogen-bond acceptors (Lipinski definition) is 8. The number of halogens is 2. The topological polar surface area (TPSA) is 156 Å². The molecule has 0 unspecified atom stereocenters. The first-order chi connectivity index (χ1) is 31.2. The molecule has 0 spiro atoms. The van der Waals surface area contributed by atoms with Crippen molar-refractivity contribution < 1.29 is 62.8 Å². The van der Waals surface area contributed by atoms with Gasteiger partial charge in [-0.05, 0) is 110 Å². The number of esters is 1. The summed E-state index contributed by atoms with van der Waals surface area (Å²) in [7, 11) is 4.60. The molecule has 0 aliphatic heterocycles. The summed E-state index contributed by atoms with van der Waals surface area (Å²) in [6.45, 7) is 20.4. The summed E-state index contributed by atoms with van der Waals surface area (Å²) in [5.74, 6) is 0.169. The van der Waals surface area contributed by atoms with Crippen LogP contribution < -0.4 is 28.3 Å². The van der Waals surface area contributed by atoms with E-state index in [4.69, 9.17) is 37.4 Å². The Morgan fingerprint density at radius 3 is 1.20 bits per heavy atom. The average Bonchev–Trinajstić information content (AvgIpc) is 3.69. The summed E-state index contributed by atoms with van der Waals surface area (Å²) < 4.78 is 20.2. The number of nitrogens with zero attached hydrogens (tertiary/aromatic N) is 2. The number of carboxylic acids is 1. The van der Waals surface area contributed by atoms with Crippen molar-refractivity contribution in [2.24, 2.45) is 21.7 Å². The van der Waals surface area contributed by atoms with Crippen molar-refractivity contribution in [2.45, 2.75) is 108 Å². The molecule has 0 amide bonds. The maximum absolute atomic E-state index is 13.7. The number of Topliss-reactive ketones (excluding diaryl/α,β-unsaturated/α-hetero) is 2. The molecule has 2 aromatic heterocycles. The number of aromatic nitrogens is 2. The van der Waals surface area contributed by atoms with Crippen LogP contribution in [0.1, 0.15) is 125 Å². The number of benzene rings is 4. The van der Waals surface area contributed by atoms with Crippen LogP contribution in [0.4, 0.5) is 0 Å². The number of ketones is 2. The smallest absolute Gasteiger partial charge is 0.870 e. The minimum Gasteiger partial charge on any atom is -0.870 e. The SMILES string of the molecule is COC(=O)C(C)(C)Cc1c(C(=O)CC(C)(C)C)c2cc(OC)ccc2n1Cc1ccc(Cl)cc1.COc1ccc2c(c1)c(C(=O)CC(C)(C)C)c(CC(C)(C)C(=O)O)n2Cc1ccc(Cl)cc1.[Li+].[OH-]. The van der Waals surface area contributed by atoms with Crippen molar-refractivity contribution in [3.63, 3.8) is 0 Å². The molecular weight excluding hydrogens is 910 g/mol. The first-order valence-corrected chi connectivity index (χ1v) is 23.2. The molecule has 0 radical (unpaired) electrons. The molecule has 11 nitrogen and oxygen atoms in total. The number of fused-ring (bicyclic) bond motifs is 2. The van der Waals surface area contributed by atoms with Gasteiger partial charge in [0, 0.05) is 93.1 Å². The quantitative estimate of drug-likeness (QED) is 0.0567. The molecule has 2 N–H and O–H groups in total. The number of aliphatic carboxylic acids is 1. The Kier molecular flexibility index (Phi) is 19.7. The monoisotopic (exact) mass is 976 g/mol. The Bertz CT molecular complexity index is 2770. The van der Waals surface area contributed by atoms with E-state index < -0.39 is 16.8 Å². The Hall–Kier alpha value is -5.02. The molecule has 0 fully saturated rings. The van der Waals surface area contributed by atoms with Gasteiger partial charge in [-0.3, -0.25) is 19.2 Å². The van der Waals surface area contributed by atoms with Gasteiger partial charge in [-0.15, -0.1) is 0 Å². The summed E-state index contributed by atoms with van der Waals surface area (Å²) in [5.41, 5.74) is 4.38. The van der Waals surface area contributed by atoms with Crippen LogP contribution in [0.25, 0.3) is 21.8 Å². The molecule has 0 saturated heterocycles. The van der Waals surface area contributed by atoms with Gasteiger partial charge in [0.05, 0.1) is 32.2 Å². The number of ether oxygens (including phenoxy) is 3. The van der Waals surface area contributed by atoms with E-state index in [9.17, 15) is 24.3 Å². The molecule has 6 aromatic rings. The van der Waals surface area contributed by atoms with Gasteiger partial charge in [0.2, 0.25) is 0 Å². The van der Waals surface area contributed by atoms with E-state index in [0.29, 0.717) is 65.0 Å². The Morgan fingerprint density at radius 1 is 0.551 bits per heavy atom. The van der Waals surface area contributed by atoms with Crippen molar-refractivity contribution in [2.75, 3.05) is 21.3 Å². The third kappa shape index (κ3) is 14.5. The fourth-order valence-electron chi connectivity index (χ4n) is 8.32. The van der Waals surface area contributed by atoms with E-state index in [0.717, 1.165) is 44.3 Å². The normalized spacial score (nSPS) is 11.8. The molecule has 2 heterocycles. The van der Waals surface area contributed by atoms with E-state index in [1.165, 1.54) is 7.11 Å². The predicted octanol–water partition coefficient (Wildman–Crippen LogP) is 10.2. The third-order valence-electron chi connectivity index (χ3n) is 11.7. The number of carbonyl (C=O) groups excluding carboxylic acids is 3. The van der Waals surface area contributed by atoms with Crippen molar-refractivity contribution >= 4 is 68.5 Å². The van der Waals surface area contributed by atoms with E-state index in [-0.39, 0.29) is 59.1 Å². The summed E-state index contributed by atoms with van der Waals surface area (Å²) >= 11 is 12.2. The van der Waals surface area contributed by atoms with Gasteiger partial charge in [0.15, 0.2) is 11.6 Å². The number of rotatable bonds is 16. The van der Waals surface area contributed by atoms with Gasteiger partial charge in [0.25, 0.3) is 0 Å². The number of carbonyl (C=O) groups is 4. The molecule has 0 saturated carbocycles. The summed E-state index contributed by atoms with van der Waals surface area (Å²) in [6, 6.07) is 26.7. The second-order valence-corrected chi connectivity index (χ2v) is 21.9. The van der Waals surface area contributed by atoms with Crippen LogP contribution in [0.3, 0.4) is 0 Å². The first kappa shape index (κ1) is 58.3. The zero-order valence-corrected chi connectivity index (χ0v) is 44.2. The summed E-state index contributed by atoms with van der Waals surface area (Å²) in [6.07, 6.45) is 1.31. The van der Waals surface area contributed by atoms with Crippen molar-refractivity contribution in [1.82, 2.24) is 9.13 Å². The average molecular weight is 978 g/mol. The van der Waals surface area contributed by atoms with Gasteiger partial charge in [-0.2, -0.15) is 0 Å². The summed E-state index contributed by atoms with van der Waals surface area (Å²) in [4.78, 5) is 52.0. The first-order valence-electron chi connectivity index (χ1n) is 22.4. The standard InChI is InChI=1S/C28H34ClNO4.C27H32ClNO4.Li.H2O/c1-27(2,3)16-24(31)25-21-14-20(33-6)12-13-22(21)30(17-18-8-10-19(29)11-9-18)23(25)15-28(4,5)26(32)34-7;1-26(2,3)15-23(30)24-20-13-19(33-6)11-12-21(20)29(16-17-7-9-18(28)10-8-17)22(24)14-27(4,5)25(31)32;;/h8-14H,15-17H2,1-7H3;7-13H,14-16H2,1-6H3,(H,31,32);;1H2/q;;+1;/p-1. The molecule has 4 aromatic carbocycles. The van der Waals surface area contributed by atoms with Crippen LogP contribution in [-0.2, 0) is 40.3 Å². The minimum absolute atomic E-state index is 0. The van der Waals surface area contributed by atoms with Crippen LogP contribution in [0.2, 0.25) is 10.0 Å². The fourth-order valence-corrected chi connectivity index (χ4v) is 8.58. The Morgan fingerprint density at radius 2 is 0.899 bits per heavy atom. The van der Waals surface area contributed by atoms with Crippen LogP contribution >= 0.6 is 23.2 Å².